The number of carbonyl (C=O) groups is 1. The second-order valence-electron chi connectivity index (χ2n) is 7.77. The van der Waals surface area contributed by atoms with Crippen molar-refractivity contribution in [3.63, 3.8) is 0 Å². The minimum absolute atomic E-state index is 0.111. The Morgan fingerprint density at radius 1 is 0.767 bits per heavy atom. The van der Waals surface area contributed by atoms with Gasteiger partial charge in [-0.25, -0.2) is 0 Å². The fourth-order valence-corrected chi connectivity index (χ4v) is 3.93. The molecule has 7 nitrogen and oxygen atoms in total. The van der Waals surface area contributed by atoms with Crippen molar-refractivity contribution in [1.82, 2.24) is 4.90 Å². The molecular weight excluding hydrogens is 386 g/mol. The second kappa shape index (κ2) is 8.34. The van der Waals surface area contributed by atoms with E-state index in [-0.39, 0.29) is 5.91 Å². The van der Waals surface area contributed by atoms with E-state index < -0.39 is 5.54 Å². The summed E-state index contributed by atoms with van der Waals surface area (Å²) in [6.07, 6.45) is 0.693. The molecule has 0 fully saturated rings. The Morgan fingerprint density at radius 3 is 1.73 bits per heavy atom. The zero-order valence-electron chi connectivity index (χ0n) is 18.6. The third-order valence-electron chi connectivity index (χ3n) is 5.54. The van der Waals surface area contributed by atoms with E-state index in [0.717, 1.165) is 11.1 Å². The van der Waals surface area contributed by atoms with Crippen LogP contribution in [0.3, 0.4) is 0 Å². The zero-order chi connectivity index (χ0) is 22.1. The Hall–Kier alpha value is -3.09. The molecule has 7 heteroatoms. The smallest absolute Gasteiger partial charge is 0.254 e. The molecular formula is C23H29NO6. The average Bonchev–Trinajstić information content (AvgIpc) is 2.75. The third kappa shape index (κ3) is 3.72. The molecule has 3 rings (SSSR count). The van der Waals surface area contributed by atoms with Gasteiger partial charge in [0.05, 0.1) is 35.5 Å². The maximum atomic E-state index is 13.6. The normalized spacial score (nSPS) is 14.6. The summed E-state index contributed by atoms with van der Waals surface area (Å²) in [5.74, 6) is 2.58. The molecule has 1 heterocycles. The molecule has 0 aliphatic carbocycles. The van der Waals surface area contributed by atoms with Crippen LogP contribution < -0.4 is 23.7 Å². The van der Waals surface area contributed by atoms with Crippen molar-refractivity contribution in [2.24, 2.45) is 0 Å². The van der Waals surface area contributed by atoms with E-state index in [1.165, 1.54) is 21.3 Å². The number of benzene rings is 2. The molecule has 30 heavy (non-hydrogen) atoms. The van der Waals surface area contributed by atoms with Crippen LogP contribution in [-0.2, 0) is 13.0 Å². The van der Waals surface area contributed by atoms with Crippen LogP contribution >= 0.6 is 0 Å². The number of ether oxygens (including phenoxy) is 5. The summed E-state index contributed by atoms with van der Waals surface area (Å²) < 4.78 is 27.1. The highest BCUT2D eigenvalue weighted by Gasteiger charge is 2.37. The van der Waals surface area contributed by atoms with Crippen molar-refractivity contribution in [1.29, 1.82) is 0 Å². The minimum Gasteiger partial charge on any atom is -0.493 e. The largest absolute Gasteiger partial charge is 0.493 e. The maximum Gasteiger partial charge on any atom is 0.254 e. The predicted molar refractivity (Wildman–Crippen MR) is 113 cm³/mol. The zero-order valence-corrected chi connectivity index (χ0v) is 18.6. The van der Waals surface area contributed by atoms with Crippen molar-refractivity contribution in [2.75, 3.05) is 35.5 Å². The van der Waals surface area contributed by atoms with Gasteiger partial charge in [0.25, 0.3) is 5.91 Å². The predicted octanol–water partition coefficient (Wildman–Crippen LogP) is 3.71. The van der Waals surface area contributed by atoms with Gasteiger partial charge in [0.2, 0.25) is 5.75 Å². The monoisotopic (exact) mass is 415 g/mol. The number of methoxy groups -OCH3 is 5. The van der Waals surface area contributed by atoms with Crippen molar-refractivity contribution in [3.8, 4) is 28.7 Å². The first-order valence-electron chi connectivity index (χ1n) is 9.65. The number of nitrogens with zero attached hydrogens (tertiary/aromatic N) is 1. The van der Waals surface area contributed by atoms with Crippen molar-refractivity contribution in [3.05, 3.63) is 41.0 Å². The van der Waals surface area contributed by atoms with Crippen LogP contribution in [0.4, 0.5) is 0 Å². The standard InChI is InChI=1S/C23H29NO6/c1-23(2)12-15-10-17(26-3)18(27-4)11-16(15)13-24(23)22(25)14-8-19(28-5)21(30-7)20(9-14)29-6/h8-11H,12-13H2,1-7H3. The molecule has 1 aliphatic rings. The number of rotatable bonds is 6. The topological polar surface area (TPSA) is 66.5 Å². The fourth-order valence-electron chi connectivity index (χ4n) is 3.93. The van der Waals surface area contributed by atoms with Crippen LogP contribution in [0.15, 0.2) is 24.3 Å². The van der Waals surface area contributed by atoms with Crippen LogP contribution in [0.2, 0.25) is 0 Å². The SMILES string of the molecule is COc1cc2c(cc1OC)CC(C)(C)N(C(=O)c1cc(OC)c(OC)c(OC)c1)C2. The van der Waals surface area contributed by atoms with Gasteiger partial charge in [-0.05, 0) is 55.7 Å². The molecule has 2 aromatic carbocycles. The molecule has 1 aliphatic heterocycles. The van der Waals surface area contributed by atoms with Gasteiger partial charge in [-0.3, -0.25) is 4.79 Å². The number of fused-ring (bicyclic) bond motifs is 1. The fraction of sp³-hybridized carbons (Fsp3) is 0.435. The molecule has 0 aromatic heterocycles. The van der Waals surface area contributed by atoms with Gasteiger partial charge in [0, 0.05) is 17.6 Å². The summed E-state index contributed by atoms with van der Waals surface area (Å²) >= 11 is 0. The van der Waals surface area contributed by atoms with Gasteiger partial charge in [-0.1, -0.05) is 0 Å². The van der Waals surface area contributed by atoms with Crippen LogP contribution in [0, 0.1) is 0 Å². The van der Waals surface area contributed by atoms with Crippen LogP contribution in [0.25, 0.3) is 0 Å². The highest BCUT2D eigenvalue weighted by Crippen LogP contribution is 2.41. The van der Waals surface area contributed by atoms with Gasteiger partial charge in [0.15, 0.2) is 23.0 Å². The summed E-state index contributed by atoms with van der Waals surface area (Å²) in [4.78, 5) is 15.4. The van der Waals surface area contributed by atoms with E-state index >= 15 is 0 Å². The quantitative estimate of drug-likeness (QED) is 0.717. The van der Waals surface area contributed by atoms with Crippen LogP contribution in [-0.4, -0.2) is 51.9 Å². The molecule has 0 radical (unpaired) electrons. The Labute approximate surface area is 177 Å². The highest BCUT2D eigenvalue weighted by molar-refractivity contribution is 5.96. The molecule has 0 saturated heterocycles. The molecule has 162 valence electrons. The summed E-state index contributed by atoms with van der Waals surface area (Å²) in [6, 6.07) is 7.31. The first-order chi connectivity index (χ1) is 14.3. The molecule has 0 spiro atoms. The van der Waals surface area contributed by atoms with E-state index in [1.54, 1.807) is 26.4 Å². The van der Waals surface area contributed by atoms with Gasteiger partial charge in [0.1, 0.15) is 0 Å². The number of carbonyl (C=O) groups excluding carboxylic acids is 1. The van der Waals surface area contributed by atoms with Gasteiger partial charge >= 0.3 is 0 Å². The molecule has 0 N–H and O–H groups in total. The lowest BCUT2D eigenvalue weighted by atomic mass is 9.84. The lowest BCUT2D eigenvalue weighted by Gasteiger charge is -2.43. The molecule has 0 atom stereocenters. The first kappa shape index (κ1) is 21.6. The Kier molecular flexibility index (Phi) is 6.01. The van der Waals surface area contributed by atoms with Gasteiger partial charge in [-0.15, -0.1) is 0 Å². The summed E-state index contributed by atoms with van der Waals surface area (Å²) in [5.41, 5.74) is 2.25. The maximum absolute atomic E-state index is 13.6. The molecule has 0 unspecified atom stereocenters. The van der Waals surface area contributed by atoms with E-state index in [2.05, 4.69) is 13.8 Å². The number of hydrogen-bond donors (Lipinski definition) is 0. The van der Waals surface area contributed by atoms with E-state index in [9.17, 15) is 4.79 Å². The number of hydrogen-bond acceptors (Lipinski definition) is 6. The lowest BCUT2D eigenvalue weighted by molar-refractivity contribution is 0.0487. The average molecular weight is 415 g/mol. The third-order valence-corrected chi connectivity index (χ3v) is 5.54. The lowest BCUT2D eigenvalue weighted by Crippen LogP contribution is -2.51. The van der Waals surface area contributed by atoms with E-state index in [0.29, 0.717) is 47.3 Å². The second-order valence-corrected chi connectivity index (χ2v) is 7.77. The summed E-state index contributed by atoms with van der Waals surface area (Å²) in [6.45, 7) is 4.57. The Morgan fingerprint density at radius 2 is 1.27 bits per heavy atom. The van der Waals surface area contributed by atoms with E-state index in [4.69, 9.17) is 23.7 Å². The minimum atomic E-state index is -0.399. The van der Waals surface area contributed by atoms with Crippen molar-refractivity contribution < 1.29 is 28.5 Å². The molecule has 0 bridgehead atoms. The van der Waals surface area contributed by atoms with Crippen molar-refractivity contribution >= 4 is 5.91 Å². The summed E-state index contributed by atoms with van der Waals surface area (Å²) in [5, 5.41) is 0. The van der Waals surface area contributed by atoms with Gasteiger partial charge < -0.3 is 28.6 Å². The van der Waals surface area contributed by atoms with Crippen LogP contribution in [0.1, 0.15) is 35.3 Å². The first-order valence-corrected chi connectivity index (χ1v) is 9.65. The molecule has 2 aromatic rings. The highest BCUT2D eigenvalue weighted by atomic mass is 16.5. The van der Waals surface area contributed by atoms with E-state index in [1.807, 2.05) is 17.0 Å². The van der Waals surface area contributed by atoms with Crippen LogP contribution in [0.5, 0.6) is 28.7 Å². The summed E-state index contributed by atoms with van der Waals surface area (Å²) in [7, 11) is 7.83. The Bertz CT molecular complexity index is 928. The van der Waals surface area contributed by atoms with Crippen molar-refractivity contribution in [2.45, 2.75) is 32.4 Å². The Balaban J connectivity index is 2.03. The molecule has 0 saturated carbocycles. The molecule has 1 amide bonds. The number of amides is 1. The van der Waals surface area contributed by atoms with Gasteiger partial charge in [-0.2, -0.15) is 0 Å².